The van der Waals surface area contributed by atoms with E-state index in [1.807, 2.05) is 30.0 Å². The van der Waals surface area contributed by atoms with Gasteiger partial charge in [0.25, 0.3) is 0 Å². The quantitative estimate of drug-likeness (QED) is 0.604. The van der Waals surface area contributed by atoms with E-state index in [4.69, 9.17) is 10.1 Å². The fourth-order valence-electron chi connectivity index (χ4n) is 3.44. The minimum Gasteiger partial charge on any atom is -0.292 e. The molecule has 1 unspecified atom stereocenters. The third-order valence-corrected chi connectivity index (χ3v) is 6.03. The lowest BCUT2D eigenvalue weighted by Gasteiger charge is -2.20. The highest BCUT2D eigenvalue weighted by molar-refractivity contribution is 7.10. The van der Waals surface area contributed by atoms with Gasteiger partial charge in [-0.05, 0) is 53.5 Å². The van der Waals surface area contributed by atoms with Crippen molar-refractivity contribution in [1.82, 2.24) is 19.7 Å². The van der Waals surface area contributed by atoms with Crippen LogP contribution in [0.1, 0.15) is 77.9 Å². The number of carbonyl (C=O) groups excluding carboxylic acids is 1. The molecule has 1 saturated carbocycles. The van der Waals surface area contributed by atoms with Crippen molar-refractivity contribution in [3.8, 4) is 6.07 Å². The number of thiazole rings is 1. The van der Waals surface area contributed by atoms with E-state index in [0.29, 0.717) is 16.5 Å². The third-order valence-electron chi connectivity index (χ3n) is 5.00. The Morgan fingerprint density at radius 1 is 1.32 bits per heavy atom. The number of nitrogens with zero attached hydrogens (tertiary/aromatic N) is 5. The number of fused-ring (bicyclic) bond motifs is 1. The van der Waals surface area contributed by atoms with Gasteiger partial charge >= 0.3 is 0 Å². The lowest BCUT2D eigenvalue weighted by molar-refractivity contribution is 0.0980. The Morgan fingerprint density at radius 2 is 2.04 bits per heavy atom. The summed E-state index contributed by atoms with van der Waals surface area (Å²) < 4.78 is 1.90. The van der Waals surface area contributed by atoms with Crippen molar-refractivity contribution < 1.29 is 4.79 Å². The summed E-state index contributed by atoms with van der Waals surface area (Å²) in [5.41, 5.74) is 3.51. The highest BCUT2D eigenvalue weighted by atomic mass is 32.1. The normalized spacial score (nSPS) is 15.6. The molecule has 1 atom stereocenters. The third kappa shape index (κ3) is 3.12. The second kappa shape index (κ2) is 6.49. The van der Waals surface area contributed by atoms with Crippen LogP contribution in [0, 0.1) is 25.2 Å². The highest BCUT2D eigenvalue weighted by Crippen LogP contribution is 2.41. The number of Topliss-reactive ketones (excluding diaryl/α,β-unsaturated/α-hetero) is 1. The Labute approximate surface area is 168 Å². The molecule has 1 aliphatic rings. The molecule has 6 nitrogen and oxygen atoms in total. The Balaban J connectivity index is 1.94. The molecule has 0 N–H and O–H groups in total. The standard InChI is InChI=1S/C21H23N5OS/c1-11-10-28-20(23-11)15(9-22)18(27)14-8-16(13-6-7-13)24-19-17(14)12(2)25-26(19)21(3,4)5/h8,10,13,15H,6-7H2,1-5H3. The van der Waals surface area contributed by atoms with E-state index in [1.54, 1.807) is 0 Å². The Hall–Kier alpha value is -2.59. The van der Waals surface area contributed by atoms with Gasteiger partial charge in [-0.3, -0.25) is 4.79 Å². The minimum atomic E-state index is -0.909. The summed E-state index contributed by atoms with van der Waals surface area (Å²) in [4.78, 5) is 22.8. The van der Waals surface area contributed by atoms with E-state index in [-0.39, 0.29) is 11.3 Å². The fourth-order valence-corrected chi connectivity index (χ4v) is 4.28. The molecule has 1 aliphatic carbocycles. The zero-order valence-corrected chi connectivity index (χ0v) is 17.6. The van der Waals surface area contributed by atoms with Crippen LogP contribution in [0.25, 0.3) is 11.0 Å². The molecule has 0 bridgehead atoms. The molecule has 0 saturated heterocycles. The smallest absolute Gasteiger partial charge is 0.187 e. The number of ketones is 1. The molecule has 3 heterocycles. The second-order valence-electron chi connectivity index (χ2n) is 8.49. The predicted octanol–water partition coefficient (Wildman–Crippen LogP) is 4.63. The maximum atomic E-state index is 13.5. The molecule has 28 heavy (non-hydrogen) atoms. The zero-order chi connectivity index (χ0) is 20.2. The summed E-state index contributed by atoms with van der Waals surface area (Å²) in [5, 5.41) is 17.6. The molecule has 0 aromatic carbocycles. The van der Waals surface area contributed by atoms with Crippen molar-refractivity contribution in [1.29, 1.82) is 5.26 Å². The topological polar surface area (TPSA) is 84.5 Å². The van der Waals surface area contributed by atoms with Crippen molar-refractivity contribution in [2.45, 2.75) is 64.8 Å². The monoisotopic (exact) mass is 393 g/mol. The molecule has 4 rings (SSSR count). The number of hydrogen-bond donors (Lipinski definition) is 0. The Morgan fingerprint density at radius 3 is 2.57 bits per heavy atom. The van der Waals surface area contributed by atoms with Gasteiger partial charge < -0.3 is 0 Å². The van der Waals surface area contributed by atoms with Crippen molar-refractivity contribution in [3.05, 3.63) is 39.1 Å². The maximum absolute atomic E-state index is 13.5. The van der Waals surface area contributed by atoms with Gasteiger partial charge in [-0.2, -0.15) is 10.4 Å². The van der Waals surface area contributed by atoms with Crippen LogP contribution in [-0.2, 0) is 5.54 Å². The molecule has 0 spiro atoms. The first kappa shape index (κ1) is 18.8. The van der Waals surface area contributed by atoms with Crippen LogP contribution < -0.4 is 0 Å². The molecule has 3 aromatic rings. The number of hydrogen-bond acceptors (Lipinski definition) is 6. The minimum absolute atomic E-state index is 0.220. The van der Waals surface area contributed by atoms with Crippen molar-refractivity contribution >= 4 is 28.2 Å². The first-order chi connectivity index (χ1) is 13.2. The van der Waals surface area contributed by atoms with Gasteiger partial charge in [0.1, 0.15) is 5.01 Å². The average molecular weight is 394 g/mol. The number of carbonyl (C=O) groups is 1. The Kier molecular flexibility index (Phi) is 4.35. The van der Waals surface area contributed by atoms with E-state index in [0.717, 1.165) is 41.0 Å². The second-order valence-corrected chi connectivity index (χ2v) is 9.38. The van der Waals surface area contributed by atoms with Crippen LogP contribution in [-0.4, -0.2) is 25.5 Å². The lowest BCUT2D eigenvalue weighted by atomic mass is 9.95. The van der Waals surface area contributed by atoms with Crippen LogP contribution in [0.15, 0.2) is 11.4 Å². The summed E-state index contributed by atoms with van der Waals surface area (Å²) >= 11 is 1.36. The molecule has 7 heteroatoms. The van der Waals surface area contributed by atoms with Crippen molar-refractivity contribution in [2.75, 3.05) is 0 Å². The van der Waals surface area contributed by atoms with E-state index in [2.05, 4.69) is 31.8 Å². The lowest BCUT2D eigenvalue weighted by Crippen LogP contribution is -2.23. The molecule has 1 fully saturated rings. The summed E-state index contributed by atoms with van der Waals surface area (Å²) in [6.45, 7) is 9.98. The van der Waals surface area contributed by atoms with E-state index < -0.39 is 5.92 Å². The maximum Gasteiger partial charge on any atom is 0.187 e. The van der Waals surface area contributed by atoms with Crippen LogP contribution in [0.5, 0.6) is 0 Å². The summed E-state index contributed by atoms with van der Waals surface area (Å²) in [5.74, 6) is -0.737. The summed E-state index contributed by atoms with van der Waals surface area (Å²) in [6, 6.07) is 4.05. The summed E-state index contributed by atoms with van der Waals surface area (Å²) in [6.07, 6.45) is 2.17. The number of aryl methyl sites for hydroxylation is 2. The van der Waals surface area contributed by atoms with Gasteiger partial charge in [0.05, 0.1) is 22.7 Å². The van der Waals surface area contributed by atoms with Gasteiger partial charge in [-0.1, -0.05) is 0 Å². The van der Waals surface area contributed by atoms with Gasteiger partial charge in [0.15, 0.2) is 17.3 Å². The largest absolute Gasteiger partial charge is 0.292 e. The SMILES string of the molecule is Cc1csc(C(C#N)C(=O)c2cc(C3CC3)nc3c2c(C)nn3C(C)(C)C)n1. The molecular weight excluding hydrogens is 370 g/mol. The first-order valence-electron chi connectivity index (χ1n) is 9.47. The average Bonchev–Trinajstić information content (AvgIpc) is 3.31. The molecule has 0 aliphatic heterocycles. The van der Waals surface area contributed by atoms with Gasteiger partial charge in [-0.15, -0.1) is 11.3 Å². The summed E-state index contributed by atoms with van der Waals surface area (Å²) in [7, 11) is 0. The molecule has 3 aromatic heterocycles. The number of rotatable bonds is 4. The number of pyridine rings is 1. The molecular formula is C21H23N5OS. The fraction of sp³-hybridized carbons (Fsp3) is 0.476. The van der Waals surface area contributed by atoms with Crippen molar-refractivity contribution in [2.24, 2.45) is 0 Å². The van der Waals surface area contributed by atoms with Crippen LogP contribution in [0.4, 0.5) is 0 Å². The number of aromatic nitrogens is 4. The van der Waals surface area contributed by atoms with E-state index in [1.165, 1.54) is 11.3 Å². The van der Waals surface area contributed by atoms with Gasteiger partial charge in [0, 0.05) is 28.2 Å². The van der Waals surface area contributed by atoms with Crippen LogP contribution >= 0.6 is 11.3 Å². The van der Waals surface area contributed by atoms with Crippen molar-refractivity contribution in [3.63, 3.8) is 0 Å². The van der Waals surface area contributed by atoms with E-state index in [9.17, 15) is 10.1 Å². The Bertz CT molecular complexity index is 1120. The van der Waals surface area contributed by atoms with Gasteiger partial charge in [-0.25, -0.2) is 14.6 Å². The van der Waals surface area contributed by atoms with Crippen LogP contribution in [0.3, 0.4) is 0 Å². The molecule has 0 radical (unpaired) electrons. The predicted molar refractivity (Wildman–Crippen MR) is 109 cm³/mol. The van der Waals surface area contributed by atoms with Crippen LogP contribution in [0.2, 0.25) is 0 Å². The van der Waals surface area contributed by atoms with Gasteiger partial charge in [0.2, 0.25) is 0 Å². The molecule has 144 valence electrons. The molecule has 0 amide bonds. The first-order valence-corrected chi connectivity index (χ1v) is 10.3. The van der Waals surface area contributed by atoms with E-state index >= 15 is 0 Å². The zero-order valence-electron chi connectivity index (χ0n) is 16.8. The highest BCUT2D eigenvalue weighted by Gasteiger charge is 2.33. The number of nitriles is 1.